The van der Waals surface area contributed by atoms with E-state index in [1.165, 1.54) is 164 Å². The molecule has 0 bridgehead atoms. The number of rotatable bonds is 36. The van der Waals surface area contributed by atoms with Crippen LogP contribution in [-0.2, 0) is 19.1 Å². The predicted octanol–water partition coefficient (Wildman–Crippen LogP) is 14.9. The van der Waals surface area contributed by atoms with Crippen LogP contribution in [0.2, 0.25) is 36.3 Å². The van der Waals surface area contributed by atoms with Crippen LogP contribution in [0.5, 0.6) is 0 Å². The number of carbonyl (C=O) groups is 2. The van der Waals surface area contributed by atoms with Crippen molar-refractivity contribution in [2.24, 2.45) is 0 Å². The van der Waals surface area contributed by atoms with Gasteiger partial charge in [-0.15, -0.1) is 0 Å². The van der Waals surface area contributed by atoms with Crippen LogP contribution in [0.3, 0.4) is 0 Å². The minimum Gasteiger partial charge on any atom is -0.463 e. The molecule has 50 heavy (non-hydrogen) atoms. The van der Waals surface area contributed by atoms with Crippen LogP contribution in [0.1, 0.15) is 209 Å². The minimum absolute atomic E-state index is 0.0363. The summed E-state index contributed by atoms with van der Waals surface area (Å²) >= 11 is 0. The molecule has 0 amide bonds. The average molecular weight is 737 g/mol. The third-order valence-electron chi connectivity index (χ3n) is 11.5. The van der Waals surface area contributed by atoms with Gasteiger partial charge in [-0.25, -0.2) is 9.59 Å². The van der Waals surface area contributed by atoms with Crippen LogP contribution in [0.15, 0.2) is 12.2 Å². The highest BCUT2D eigenvalue weighted by Crippen LogP contribution is 2.37. The maximum Gasteiger partial charge on any atom is 0.330 e. The van der Waals surface area contributed by atoms with Gasteiger partial charge in [-0.3, -0.25) is 0 Å². The van der Waals surface area contributed by atoms with E-state index in [4.69, 9.17) is 9.47 Å². The van der Waals surface area contributed by atoms with Crippen molar-refractivity contribution in [2.75, 3.05) is 0 Å². The summed E-state index contributed by atoms with van der Waals surface area (Å²) in [6, 6.07) is 7.59. The van der Waals surface area contributed by atoms with E-state index in [1.807, 2.05) is 0 Å². The Bertz CT molecular complexity index is 710. The predicted molar refractivity (Wildman–Crippen MR) is 225 cm³/mol. The van der Waals surface area contributed by atoms with E-state index >= 15 is 0 Å². The zero-order valence-electron chi connectivity index (χ0n) is 35.2. The Balaban J connectivity index is 6.32. The zero-order chi connectivity index (χ0) is 37.4. The summed E-state index contributed by atoms with van der Waals surface area (Å²) in [5, 5.41) is 0. The summed E-state index contributed by atoms with van der Waals surface area (Å²) in [5.41, 5.74) is 0.0727. The molecule has 0 aliphatic rings. The smallest absolute Gasteiger partial charge is 0.330 e. The molecule has 0 radical (unpaired) electrons. The summed E-state index contributed by atoms with van der Waals surface area (Å²) in [6.07, 6.45) is 31.6. The number of carbonyl (C=O) groups excluding carboxylic acids is 2. The number of esters is 2. The first-order valence-corrected chi connectivity index (χ1v) is 27.8. The van der Waals surface area contributed by atoms with Gasteiger partial charge >= 0.3 is 11.9 Å². The van der Waals surface area contributed by atoms with Crippen LogP contribution in [0, 0.1) is 0 Å². The summed E-state index contributed by atoms with van der Waals surface area (Å²) in [6.45, 7) is 18.2. The molecule has 2 atom stereocenters. The van der Waals surface area contributed by atoms with Crippen LogP contribution >= 0.6 is 0 Å². The first-order valence-electron chi connectivity index (χ1n) is 22.4. The van der Waals surface area contributed by atoms with E-state index in [0.29, 0.717) is 0 Å². The lowest BCUT2D eigenvalue weighted by atomic mass is 10.2. The third kappa shape index (κ3) is 21.6. The molecule has 0 aromatic rings. The lowest BCUT2D eigenvalue weighted by Gasteiger charge is -2.39. The van der Waals surface area contributed by atoms with Crippen molar-refractivity contribution in [1.82, 2.24) is 0 Å². The quantitative estimate of drug-likeness (QED) is 0.0278. The zero-order valence-corrected chi connectivity index (χ0v) is 37.2. The molecule has 4 nitrogen and oxygen atoms in total. The Hall–Kier alpha value is -0.886. The van der Waals surface area contributed by atoms with Crippen LogP contribution < -0.4 is 0 Å². The third-order valence-corrected chi connectivity index (χ3v) is 23.2. The Kier molecular flexibility index (Phi) is 32.2. The van der Waals surface area contributed by atoms with Crippen molar-refractivity contribution in [3.63, 3.8) is 0 Å². The molecule has 0 rings (SSSR count). The fraction of sp³-hybridized carbons (Fsp3) is 0.909. The Labute approximate surface area is 315 Å². The standard InChI is InChI=1S/C44H88O4Si2/c1-9-17-25-35-49(36-26-18-10-2,37-27-19-11-3)43(31-23-15-7)47-41(45)33-34-42(46)48-44(32-24-16-8)50(38-28-20-12-4,39-29-21-13-5)40-30-22-14-6/h33-34,43-44H,9-32,35-40H2,1-8H3/b34-33+. The van der Waals surface area contributed by atoms with Gasteiger partial charge in [-0.2, -0.15) is 0 Å². The van der Waals surface area contributed by atoms with Gasteiger partial charge in [-0.1, -0.05) is 233 Å². The van der Waals surface area contributed by atoms with Crippen molar-refractivity contribution in [1.29, 1.82) is 0 Å². The Morgan fingerprint density at radius 1 is 0.380 bits per heavy atom. The van der Waals surface area contributed by atoms with Crippen molar-refractivity contribution in [2.45, 2.75) is 257 Å². The highest BCUT2D eigenvalue weighted by molar-refractivity contribution is 6.81. The summed E-state index contributed by atoms with van der Waals surface area (Å²) in [5.74, 6) is -0.660. The van der Waals surface area contributed by atoms with Gasteiger partial charge in [0.05, 0.1) is 11.5 Å². The summed E-state index contributed by atoms with van der Waals surface area (Å²) < 4.78 is 13.1. The lowest BCUT2D eigenvalue weighted by Crippen LogP contribution is -2.50. The molecule has 0 aliphatic heterocycles. The molecule has 0 saturated carbocycles. The maximum atomic E-state index is 13.6. The van der Waals surface area contributed by atoms with Gasteiger partial charge in [-0.05, 0) is 12.8 Å². The fourth-order valence-electron chi connectivity index (χ4n) is 8.33. The normalized spacial score (nSPS) is 13.5. The second kappa shape index (κ2) is 32.7. The first kappa shape index (κ1) is 49.1. The molecule has 0 N–H and O–H groups in total. The number of hydrogen-bond donors (Lipinski definition) is 0. The molecule has 0 spiro atoms. The van der Waals surface area contributed by atoms with Crippen LogP contribution in [0.25, 0.3) is 0 Å². The largest absolute Gasteiger partial charge is 0.463 e. The molecule has 6 heteroatoms. The number of ether oxygens (including phenoxy) is 2. The molecule has 0 fully saturated rings. The van der Waals surface area contributed by atoms with Gasteiger partial charge < -0.3 is 9.47 Å². The van der Waals surface area contributed by atoms with E-state index in [-0.39, 0.29) is 23.4 Å². The summed E-state index contributed by atoms with van der Waals surface area (Å²) in [7, 11) is -3.79. The fourth-order valence-corrected chi connectivity index (χ4v) is 19.9. The van der Waals surface area contributed by atoms with Gasteiger partial charge in [0.2, 0.25) is 0 Å². The Morgan fingerprint density at radius 3 is 0.800 bits per heavy atom. The van der Waals surface area contributed by atoms with Crippen LogP contribution in [-0.4, -0.2) is 39.5 Å². The van der Waals surface area contributed by atoms with Gasteiger partial charge in [0.15, 0.2) is 0 Å². The van der Waals surface area contributed by atoms with Gasteiger partial charge in [0.25, 0.3) is 0 Å². The van der Waals surface area contributed by atoms with Crippen molar-refractivity contribution >= 4 is 28.1 Å². The maximum absolute atomic E-state index is 13.6. The molecule has 2 unspecified atom stereocenters. The van der Waals surface area contributed by atoms with Gasteiger partial charge in [0, 0.05) is 12.2 Å². The topological polar surface area (TPSA) is 52.6 Å². The van der Waals surface area contributed by atoms with Crippen molar-refractivity contribution < 1.29 is 19.1 Å². The minimum atomic E-state index is -1.89. The van der Waals surface area contributed by atoms with Crippen molar-refractivity contribution in [3.05, 3.63) is 12.2 Å². The Morgan fingerprint density at radius 2 is 0.600 bits per heavy atom. The van der Waals surface area contributed by atoms with Crippen LogP contribution in [0.4, 0.5) is 0 Å². The summed E-state index contributed by atoms with van der Waals surface area (Å²) in [4.78, 5) is 27.3. The second-order valence-corrected chi connectivity index (χ2v) is 25.7. The molecular weight excluding hydrogens is 649 g/mol. The van der Waals surface area contributed by atoms with E-state index in [9.17, 15) is 9.59 Å². The lowest BCUT2D eigenvalue weighted by molar-refractivity contribution is -0.143. The monoisotopic (exact) mass is 737 g/mol. The van der Waals surface area contributed by atoms with Crippen molar-refractivity contribution in [3.8, 4) is 0 Å². The molecule has 0 saturated heterocycles. The van der Waals surface area contributed by atoms with E-state index < -0.39 is 16.1 Å². The molecule has 296 valence electrons. The number of unbranched alkanes of at least 4 members (excludes halogenated alkanes) is 14. The van der Waals surface area contributed by atoms with E-state index in [2.05, 4.69) is 55.4 Å². The highest BCUT2D eigenvalue weighted by atomic mass is 28.3. The molecule has 0 aromatic heterocycles. The van der Waals surface area contributed by atoms with E-state index in [0.717, 1.165) is 38.5 Å². The molecule has 0 aromatic carbocycles. The molecule has 0 aliphatic carbocycles. The highest BCUT2D eigenvalue weighted by Gasteiger charge is 2.43. The van der Waals surface area contributed by atoms with E-state index in [1.54, 1.807) is 0 Å². The SMILES string of the molecule is CCCCC[Si](CCCCC)(CCCCC)C(CCCC)OC(=O)/C=C/C(=O)OC(CCCC)[Si](CCCCC)(CCCCC)CCCCC. The second-order valence-electron chi connectivity index (χ2n) is 15.9. The van der Waals surface area contributed by atoms with Gasteiger partial charge in [0.1, 0.15) is 16.1 Å². The average Bonchev–Trinajstić information content (AvgIpc) is 3.11. The first-order chi connectivity index (χ1) is 24.3. The molecule has 0 heterocycles. The molecular formula is C44H88O4Si2. The number of hydrogen-bond acceptors (Lipinski definition) is 4.